The molecule has 0 bridgehead atoms. The van der Waals surface area contributed by atoms with Crippen molar-refractivity contribution in [3.05, 3.63) is 12.3 Å². The third-order valence-electron chi connectivity index (χ3n) is 0.867. The van der Waals surface area contributed by atoms with Gasteiger partial charge in [0.25, 0.3) is 0 Å². The maximum Gasteiger partial charge on any atom is 0.0953 e. The van der Waals surface area contributed by atoms with Gasteiger partial charge in [-0.1, -0.05) is 0 Å². The lowest BCUT2D eigenvalue weighted by atomic mass is 10.6. The second kappa shape index (κ2) is 0.469. The fourth-order valence-corrected chi connectivity index (χ4v) is 0.454. The van der Waals surface area contributed by atoms with Gasteiger partial charge in [0.15, 0.2) is 0 Å². The summed E-state index contributed by atoms with van der Waals surface area (Å²) in [5.41, 5.74) is 2.27. The molecule has 1 aliphatic carbocycles. The van der Waals surface area contributed by atoms with E-state index in [0.29, 0.717) is 0 Å². The maximum absolute atomic E-state index is 3.70. The van der Waals surface area contributed by atoms with Crippen molar-refractivity contribution < 1.29 is 0 Å². The van der Waals surface area contributed by atoms with Crippen LogP contribution in [-0.4, -0.2) is 10.2 Å². The minimum Gasteiger partial charge on any atom is -0.158 e. The Bertz CT molecular complexity index is 165. The van der Waals surface area contributed by atoms with Crippen LogP contribution in [0.2, 0.25) is 0 Å². The van der Waals surface area contributed by atoms with Gasteiger partial charge < -0.3 is 0 Å². The van der Waals surface area contributed by atoms with E-state index in [1.54, 1.807) is 6.20 Å². The molecule has 0 spiro atoms. The van der Waals surface area contributed by atoms with Gasteiger partial charge in [0.05, 0.1) is 11.9 Å². The first-order valence-electron chi connectivity index (χ1n) is 1.80. The molecule has 2 nitrogen and oxygen atoms in total. The second-order valence-corrected chi connectivity index (χ2v) is 1.33. The van der Waals surface area contributed by atoms with Crippen molar-refractivity contribution in [1.29, 1.82) is 0 Å². The summed E-state index contributed by atoms with van der Waals surface area (Å²) in [5.74, 6) is 0. The largest absolute Gasteiger partial charge is 0.158 e. The zero-order valence-electron chi connectivity index (χ0n) is 3.05. The summed E-state index contributed by atoms with van der Waals surface area (Å²) < 4.78 is 0. The standard InChI is InChI=1S/C4H2N2/c1-3-2-5-6-4(1)3/h1-2H. The number of nitrogens with zero attached hydrogens (tertiary/aromatic N) is 2. The van der Waals surface area contributed by atoms with Crippen LogP contribution >= 0.6 is 0 Å². The lowest BCUT2D eigenvalue weighted by Crippen LogP contribution is -1.56. The van der Waals surface area contributed by atoms with Gasteiger partial charge in [-0.05, 0) is 6.07 Å². The molecule has 0 aromatic rings. The van der Waals surface area contributed by atoms with Crippen LogP contribution in [0.1, 0.15) is 0 Å². The Kier molecular flexibility index (Phi) is 0.179. The van der Waals surface area contributed by atoms with Crippen LogP contribution in [0.5, 0.6) is 0 Å². The van der Waals surface area contributed by atoms with Crippen LogP contribution in [0.15, 0.2) is 12.3 Å². The van der Waals surface area contributed by atoms with Crippen molar-refractivity contribution in [3.63, 3.8) is 0 Å². The van der Waals surface area contributed by atoms with Crippen LogP contribution in [0.3, 0.4) is 0 Å². The van der Waals surface area contributed by atoms with Gasteiger partial charge in [-0.15, -0.1) is 0 Å². The van der Waals surface area contributed by atoms with Crippen LogP contribution < -0.4 is 0 Å². The number of fused-ring (bicyclic) bond motifs is 1. The zero-order valence-corrected chi connectivity index (χ0v) is 3.05. The molecule has 0 atom stereocenters. The minimum atomic E-state index is 1.06. The Morgan fingerprint density at radius 2 is 2.50 bits per heavy atom. The number of hydrogen-bond acceptors (Lipinski definition) is 2. The summed E-state index contributed by atoms with van der Waals surface area (Å²) in [6.07, 6.45) is 1.76. The third kappa shape index (κ3) is 0.109. The van der Waals surface area contributed by atoms with E-state index in [0.717, 1.165) is 5.69 Å². The van der Waals surface area contributed by atoms with E-state index in [2.05, 4.69) is 10.2 Å². The molecule has 0 unspecified atom stereocenters. The lowest BCUT2D eigenvalue weighted by molar-refractivity contribution is 1.10. The SMILES string of the molecule is c1nnc2cc1-2. The molecule has 1 aliphatic heterocycles. The normalized spacial score (nSPS) is 11.3. The van der Waals surface area contributed by atoms with E-state index in [4.69, 9.17) is 0 Å². The van der Waals surface area contributed by atoms with Gasteiger partial charge in [-0.25, -0.2) is 0 Å². The van der Waals surface area contributed by atoms with Crippen LogP contribution in [-0.2, 0) is 0 Å². The number of rotatable bonds is 0. The fraction of sp³-hybridized carbons (Fsp3) is 0. The van der Waals surface area contributed by atoms with E-state index in [1.165, 1.54) is 5.56 Å². The van der Waals surface area contributed by atoms with Crippen molar-refractivity contribution >= 4 is 0 Å². The van der Waals surface area contributed by atoms with Crippen LogP contribution in [0.25, 0.3) is 11.3 Å². The fourth-order valence-electron chi connectivity index (χ4n) is 0.454. The molecule has 0 radical (unpaired) electrons. The van der Waals surface area contributed by atoms with E-state index in [9.17, 15) is 0 Å². The quantitative estimate of drug-likeness (QED) is 0.457. The van der Waals surface area contributed by atoms with Crippen LogP contribution in [0, 0.1) is 0 Å². The third-order valence-corrected chi connectivity index (χ3v) is 0.867. The molecule has 0 amide bonds. The smallest absolute Gasteiger partial charge is 0.0953 e. The van der Waals surface area contributed by atoms with Gasteiger partial charge in [0.1, 0.15) is 0 Å². The molecule has 0 N–H and O–H groups in total. The predicted octanol–water partition coefficient (Wildman–Crippen LogP) is 0.457. The van der Waals surface area contributed by atoms with Crippen molar-refractivity contribution in [2.75, 3.05) is 0 Å². The molecule has 2 aliphatic rings. The summed E-state index contributed by atoms with van der Waals surface area (Å²) in [6.45, 7) is 0. The molecule has 0 aromatic carbocycles. The maximum atomic E-state index is 3.70. The highest BCUT2D eigenvalue weighted by Gasteiger charge is 2.11. The Morgan fingerprint density at radius 3 is 2.67 bits per heavy atom. The van der Waals surface area contributed by atoms with Crippen LogP contribution in [0.4, 0.5) is 0 Å². The average Bonchev–Trinajstić information content (AvgIpc) is 2.17. The Morgan fingerprint density at radius 1 is 1.50 bits per heavy atom. The van der Waals surface area contributed by atoms with Gasteiger partial charge in [0, 0.05) is 5.56 Å². The molecule has 0 saturated heterocycles. The monoisotopic (exact) mass is 78.0 g/mol. The van der Waals surface area contributed by atoms with Gasteiger partial charge in [-0.2, -0.15) is 10.2 Å². The molecule has 0 fully saturated rings. The van der Waals surface area contributed by atoms with E-state index >= 15 is 0 Å². The second-order valence-electron chi connectivity index (χ2n) is 1.33. The molecule has 2 rings (SSSR count). The molecule has 0 saturated carbocycles. The van der Waals surface area contributed by atoms with Gasteiger partial charge in [0.2, 0.25) is 0 Å². The Balaban J connectivity index is 2.91. The summed E-state index contributed by atoms with van der Waals surface area (Å²) in [7, 11) is 0. The molecule has 2 heteroatoms. The summed E-state index contributed by atoms with van der Waals surface area (Å²) in [5, 5.41) is 7.31. The highest BCUT2D eigenvalue weighted by atomic mass is 15.1. The highest BCUT2D eigenvalue weighted by Crippen LogP contribution is 2.27. The topological polar surface area (TPSA) is 25.8 Å². The molecule has 6 heavy (non-hydrogen) atoms. The van der Waals surface area contributed by atoms with Crippen molar-refractivity contribution in [2.45, 2.75) is 0 Å². The van der Waals surface area contributed by atoms with Crippen molar-refractivity contribution in [2.24, 2.45) is 0 Å². The number of hydrogen-bond donors (Lipinski definition) is 0. The lowest BCUT2D eigenvalue weighted by Gasteiger charge is -1.49. The van der Waals surface area contributed by atoms with Gasteiger partial charge >= 0.3 is 0 Å². The predicted molar refractivity (Wildman–Crippen MR) is 21.0 cm³/mol. The molecular weight excluding hydrogens is 76.1 g/mol. The van der Waals surface area contributed by atoms with Gasteiger partial charge in [-0.3, -0.25) is 0 Å². The first kappa shape index (κ1) is 2.29. The first-order valence-corrected chi connectivity index (χ1v) is 1.80. The Labute approximate surface area is 34.8 Å². The zero-order chi connectivity index (χ0) is 3.98. The minimum absolute atomic E-state index is 1.06. The molecular formula is C4H2N2. The van der Waals surface area contributed by atoms with E-state index < -0.39 is 0 Å². The first-order chi connectivity index (χ1) is 2.97. The van der Waals surface area contributed by atoms with Crippen molar-refractivity contribution in [3.8, 4) is 11.3 Å². The summed E-state index contributed by atoms with van der Waals surface area (Å²) >= 11 is 0. The average molecular weight is 78.1 g/mol. The van der Waals surface area contributed by atoms with E-state index in [-0.39, 0.29) is 0 Å². The summed E-state index contributed by atoms with van der Waals surface area (Å²) in [6, 6.07) is 1.99. The summed E-state index contributed by atoms with van der Waals surface area (Å²) in [4.78, 5) is 0. The molecule has 1 heterocycles. The molecule has 0 aromatic heterocycles. The number of aromatic nitrogens is 2. The van der Waals surface area contributed by atoms with E-state index in [1.807, 2.05) is 6.07 Å². The van der Waals surface area contributed by atoms with Crippen molar-refractivity contribution in [1.82, 2.24) is 10.2 Å². The molecule has 28 valence electrons. The highest BCUT2D eigenvalue weighted by molar-refractivity contribution is 5.74. The Hall–Kier alpha value is -0.920.